The summed E-state index contributed by atoms with van der Waals surface area (Å²) in [5, 5.41) is 18.9. The topological polar surface area (TPSA) is 63.4 Å². The summed E-state index contributed by atoms with van der Waals surface area (Å²) in [6, 6.07) is 3.87. The van der Waals surface area contributed by atoms with E-state index in [1.54, 1.807) is 0 Å². The molecule has 0 radical (unpaired) electrons. The monoisotopic (exact) mass is 197 g/mol. The fourth-order valence-corrected chi connectivity index (χ4v) is 0.844. The van der Waals surface area contributed by atoms with Gasteiger partial charge in [0.15, 0.2) is 5.02 Å². The third-order valence-corrected chi connectivity index (χ3v) is 1.54. The number of phenols is 1. The molecular formula is C6H5ClNNaO3. The predicted octanol–water partition coefficient (Wildman–Crippen LogP) is 1.31. The molecule has 0 amide bonds. The van der Waals surface area contributed by atoms with Crippen LogP contribution in [0.3, 0.4) is 0 Å². The number of hydrogen-bond donors (Lipinski definition) is 1. The van der Waals surface area contributed by atoms with Gasteiger partial charge in [0.2, 0.25) is 0 Å². The van der Waals surface area contributed by atoms with E-state index in [4.69, 9.17) is 16.7 Å². The molecule has 4 nitrogen and oxygen atoms in total. The van der Waals surface area contributed by atoms with E-state index in [-0.39, 0.29) is 46.0 Å². The molecule has 1 N–H and O–H groups in total. The van der Waals surface area contributed by atoms with E-state index in [0.29, 0.717) is 0 Å². The first-order valence-electron chi connectivity index (χ1n) is 2.75. The van der Waals surface area contributed by atoms with Crippen LogP contribution in [0.15, 0.2) is 18.2 Å². The molecule has 1 rings (SSSR count). The predicted molar refractivity (Wildman–Crippen MR) is 46.9 cm³/mol. The molecule has 60 valence electrons. The first-order chi connectivity index (χ1) is 5.13. The number of hydrogen-bond acceptors (Lipinski definition) is 3. The maximum absolute atomic E-state index is 10.2. The Labute approximate surface area is 95.6 Å². The van der Waals surface area contributed by atoms with Gasteiger partial charge in [0.1, 0.15) is 5.75 Å². The summed E-state index contributed by atoms with van der Waals surface area (Å²) in [4.78, 5) is 9.53. The first-order valence-corrected chi connectivity index (χ1v) is 3.12. The maximum atomic E-state index is 10.2. The summed E-state index contributed by atoms with van der Waals surface area (Å²) in [6.07, 6.45) is 0. The summed E-state index contributed by atoms with van der Waals surface area (Å²) in [5.41, 5.74) is -0.285. The van der Waals surface area contributed by atoms with Crippen LogP contribution in [0.4, 0.5) is 5.69 Å². The number of aromatic hydroxyl groups is 1. The number of nitro benzene ring substituents is 1. The average molecular weight is 198 g/mol. The van der Waals surface area contributed by atoms with Crippen molar-refractivity contribution >= 4 is 46.8 Å². The second-order valence-electron chi connectivity index (χ2n) is 1.87. The summed E-state index contributed by atoms with van der Waals surface area (Å²) in [6.45, 7) is 0. The Morgan fingerprint density at radius 2 is 2.08 bits per heavy atom. The molecule has 0 aliphatic heterocycles. The number of phenolic OH excluding ortho intramolecular Hbond substituents is 1. The fourth-order valence-electron chi connectivity index (χ4n) is 0.649. The van der Waals surface area contributed by atoms with Gasteiger partial charge in [0.05, 0.1) is 4.92 Å². The minimum atomic E-state index is -0.651. The van der Waals surface area contributed by atoms with Gasteiger partial charge < -0.3 is 5.11 Å². The molecule has 0 saturated carbocycles. The van der Waals surface area contributed by atoms with Crippen molar-refractivity contribution in [1.29, 1.82) is 0 Å². The molecular weight excluding hydrogens is 193 g/mol. The Bertz CT molecular complexity index is 305. The van der Waals surface area contributed by atoms with E-state index < -0.39 is 4.92 Å². The summed E-state index contributed by atoms with van der Waals surface area (Å²) in [5.74, 6) is -0.277. The molecule has 0 unspecified atom stereocenters. The number of rotatable bonds is 1. The van der Waals surface area contributed by atoms with Crippen molar-refractivity contribution in [2.75, 3.05) is 0 Å². The van der Waals surface area contributed by atoms with Crippen LogP contribution in [0.1, 0.15) is 0 Å². The molecule has 1 aromatic rings. The van der Waals surface area contributed by atoms with E-state index in [1.165, 1.54) is 18.2 Å². The average Bonchev–Trinajstić information content (AvgIpc) is 1.94. The SMILES string of the molecule is O=[N+]([O-])c1cccc(O)c1Cl.[NaH]. The van der Waals surface area contributed by atoms with Crippen LogP contribution in [-0.4, -0.2) is 39.6 Å². The molecule has 1 aromatic carbocycles. The molecule has 6 heteroatoms. The van der Waals surface area contributed by atoms with Crippen molar-refractivity contribution < 1.29 is 10.0 Å². The van der Waals surface area contributed by atoms with Crippen LogP contribution in [-0.2, 0) is 0 Å². The van der Waals surface area contributed by atoms with E-state index in [9.17, 15) is 10.1 Å². The van der Waals surface area contributed by atoms with Gasteiger partial charge in [-0.3, -0.25) is 10.1 Å². The molecule has 0 heterocycles. The second-order valence-corrected chi connectivity index (χ2v) is 2.25. The van der Waals surface area contributed by atoms with Crippen LogP contribution in [0.5, 0.6) is 5.75 Å². The molecule has 0 aliphatic rings. The van der Waals surface area contributed by atoms with Crippen LogP contribution >= 0.6 is 11.6 Å². The van der Waals surface area contributed by atoms with E-state index in [0.717, 1.165) is 0 Å². The van der Waals surface area contributed by atoms with Crippen molar-refractivity contribution in [2.24, 2.45) is 0 Å². The number of benzene rings is 1. The Hall–Kier alpha value is -0.290. The molecule has 12 heavy (non-hydrogen) atoms. The van der Waals surface area contributed by atoms with Gasteiger partial charge in [-0.2, -0.15) is 0 Å². The number of nitrogens with zero attached hydrogens (tertiary/aromatic N) is 1. The number of halogens is 1. The Morgan fingerprint density at radius 1 is 1.50 bits per heavy atom. The standard InChI is InChI=1S/C6H4ClNO3.Na.H/c7-6-4(8(10)11)2-1-3-5(6)9;;/h1-3,9H;;. The van der Waals surface area contributed by atoms with E-state index in [1.807, 2.05) is 0 Å². The summed E-state index contributed by atoms with van der Waals surface area (Å²) < 4.78 is 0. The van der Waals surface area contributed by atoms with E-state index in [2.05, 4.69) is 0 Å². The van der Waals surface area contributed by atoms with Crippen molar-refractivity contribution in [3.8, 4) is 5.75 Å². The van der Waals surface area contributed by atoms with Gasteiger partial charge in [-0.25, -0.2) is 0 Å². The van der Waals surface area contributed by atoms with Gasteiger partial charge in [-0.15, -0.1) is 0 Å². The third-order valence-electron chi connectivity index (χ3n) is 1.15. The van der Waals surface area contributed by atoms with Crippen LogP contribution in [0.25, 0.3) is 0 Å². The second kappa shape index (κ2) is 4.67. The summed E-state index contributed by atoms with van der Waals surface area (Å²) >= 11 is 5.40. The molecule has 0 saturated heterocycles. The van der Waals surface area contributed by atoms with Gasteiger partial charge in [0.25, 0.3) is 5.69 Å². The molecule has 0 spiro atoms. The van der Waals surface area contributed by atoms with Gasteiger partial charge in [-0.05, 0) is 6.07 Å². The normalized spacial score (nSPS) is 8.75. The molecule has 0 fully saturated rings. The number of nitro groups is 1. The minimum absolute atomic E-state index is 0. The third kappa shape index (κ3) is 2.35. The quantitative estimate of drug-likeness (QED) is 0.419. The van der Waals surface area contributed by atoms with Gasteiger partial charge >= 0.3 is 29.6 Å². The molecule has 0 atom stereocenters. The Kier molecular flexibility index (Phi) is 4.55. The van der Waals surface area contributed by atoms with Gasteiger partial charge in [0, 0.05) is 6.07 Å². The Balaban J connectivity index is 0.00000121. The van der Waals surface area contributed by atoms with Crippen molar-refractivity contribution in [1.82, 2.24) is 0 Å². The van der Waals surface area contributed by atoms with Crippen molar-refractivity contribution in [2.45, 2.75) is 0 Å². The fraction of sp³-hybridized carbons (Fsp3) is 0. The molecule has 0 aliphatic carbocycles. The van der Waals surface area contributed by atoms with Crippen molar-refractivity contribution in [3.63, 3.8) is 0 Å². The van der Waals surface area contributed by atoms with Crippen molar-refractivity contribution in [3.05, 3.63) is 33.3 Å². The van der Waals surface area contributed by atoms with Gasteiger partial charge in [-0.1, -0.05) is 17.7 Å². The Morgan fingerprint density at radius 3 is 2.50 bits per heavy atom. The van der Waals surface area contributed by atoms with Crippen LogP contribution in [0.2, 0.25) is 5.02 Å². The van der Waals surface area contributed by atoms with Crippen LogP contribution in [0, 0.1) is 10.1 Å². The molecule has 0 bridgehead atoms. The molecule has 0 aromatic heterocycles. The van der Waals surface area contributed by atoms with E-state index >= 15 is 0 Å². The zero-order chi connectivity index (χ0) is 8.43. The zero-order valence-corrected chi connectivity index (χ0v) is 6.08. The zero-order valence-electron chi connectivity index (χ0n) is 5.32. The summed E-state index contributed by atoms with van der Waals surface area (Å²) in [7, 11) is 0. The van der Waals surface area contributed by atoms with Crippen LogP contribution < -0.4 is 0 Å². The first kappa shape index (κ1) is 11.7.